The lowest BCUT2D eigenvalue weighted by molar-refractivity contribution is -0.143. The Kier molecular flexibility index (Phi) is 5.43. The Balaban J connectivity index is 2.18. The number of amides is 1. The maximum atomic E-state index is 13.2. The number of sulfone groups is 1. The number of anilines is 1. The van der Waals surface area contributed by atoms with Crippen molar-refractivity contribution >= 4 is 38.4 Å². The van der Waals surface area contributed by atoms with Crippen LogP contribution in [0, 0.1) is 0 Å². The van der Waals surface area contributed by atoms with Gasteiger partial charge in [0.05, 0.1) is 28.7 Å². The molecule has 2 fully saturated rings. The number of hydrogen-bond acceptors (Lipinski definition) is 4. The van der Waals surface area contributed by atoms with Crippen LogP contribution in [-0.4, -0.2) is 42.3 Å². The summed E-state index contributed by atoms with van der Waals surface area (Å²) >= 11 is 0.870. The molecule has 1 aromatic rings. The van der Waals surface area contributed by atoms with Crippen LogP contribution in [0.4, 0.5) is 32.0 Å². The van der Waals surface area contributed by atoms with Crippen LogP contribution < -0.4 is 4.90 Å². The van der Waals surface area contributed by atoms with E-state index in [-0.39, 0.29) is 23.4 Å². The number of benzene rings is 1. The number of thioether (sulfide) groups is 1. The van der Waals surface area contributed by atoms with E-state index in [0.29, 0.717) is 12.1 Å². The van der Waals surface area contributed by atoms with Gasteiger partial charge in [0.2, 0.25) is 5.91 Å². The van der Waals surface area contributed by atoms with E-state index in [1.807, 2.05) is 0 Å². The number of amidine groups is 1. The predicted molar refractivity (Wildman–Crippen MR) is 95.5 cm³/mol. The summed E-state index contributed by atoms with van der Waals surface area (Å²) in [5.74, 6) is -1.38. The molecule has 0 radical (unpaired) electrons. The Labute approximate surface area is 166 Å². The zero-order valence-electron chi connectivity index (χ0n) is 14.7. The highest BCUT2D eigenvalue weighted by Crippen LogP contribution is 2.44. The summed E-state index contributed by atoms with van der Waals surface area (Å²) < 4.78 is 103. The van der Waals surface area contributed by atoms with E-state index in [9.17, 15) is 39.6 Å². The van der Waals surface area contributed by atoms with Gasteiger partial charge in [0.15, 0.2) is 15.0 Å². The summed E-state index contributed by atoms with van der Waals surface area (Å²) in [7, 11) is -3.53. The third-order valence-electron chi connectivity index (χ3n) is 4.44. The van der Waals surface area contributed by atoms with Gasteiger partial charge in [0, 0.05) is 17.4 Å². The molecular weight excluding hydrogens is 446 g/mol. The lowest BCUT2D eigenvalue weighted by Gasteiger charge is -2.26. The van der Waals surface area contributed by atoms with Crippen molar-refractivity contribution in [2.75, 3.05) is 16.4 Å². The Bertz CT molecular complexity index is 940. The topological polar surface area (TPSA) is 66.8 Å². The van der Waals surface area contributed by atoms with Crippen LogP contribution in [0.2, 0.25) is 0 Å². The summed E-state index contributed by atoms with van der Waals surface area (Å²) in [6.45, 7) is 1.49. The van der Waals surface area contributed by atoms with Crippen molar-refractivity contribution < 1.29 is 39.6 Å². The molecule has 2 aliphatic heterocycles. The standard InChI is InChI=1S/C16H14F6N2O3S2/c1-2-13(25)23-14-24(11-6-29(26,27)7-12(11)28-14)10-4-8(15(17,18)19)3-9(5-10)16(20,21)22/h3-5,11-12H,2,6-7H2,1H3/t11-,12-/m0/s1. The van der Waals surface area contributed by atoms with Crippen molar-refractivity contribution in [2.24, 2.45) is 4.99 Å². The molecule has 3 rings (SSSR count). The molecule has 0 aromatic heterocycles. The Morgan fingerprint density at radius 3 is 2.14 bits per heavy atom. The lowest BCUT2D eigenvalue weighted by Crippen LogP contribution is -2.38. The van der Waals surface area contributed by atoms with E-state index in [0.717, 1.165) is 16.7 Å². The summed E-state index contributed by atoms with van der Waals surface area (Å²) in [6, 6.07) is 0.0891. The van der Waals surface area contributed by atoms with Crippen molar-refractivity contribution in [3.8, 4) is 0 Å². The largest absolute Gasteiger partial charge is 0.416 e. The average Bonchev–Trinajstić information content (AvgIpc) is 3.03. The van der Waals surface area contributed by atoms with Crippen molar-refractivity contribution in [3.05, 3.63) is 29.3 Å². The van der Waals surface area contributed by atoms with Crippen LogP contribution in [0.15, 0.2) is 23.2 Å². The second kappa shape index (κ2) is 7.18. The molecule has 1 aromatic carbocycles. The van der Waals surface area contributed by atoms with Gasteiger partial charge in [-0.3, -0.25) is 4.79 Å². The lowest BCUT2D eigenvalue weighted by atomic mass is 10.1. The minimum atomic E-state index is -5.05. The van der Waals surface area contributed by atoms with Crippen molar-refractivity contribution in [1.29, 1.82) is 0 Å². The van der Waals surface area contributed by atoms with Gasteiger partial charge in [0.1, 0.15) is 0 Å². The van der Waals surface area contributed by atoms with E-state index >= 15 is 0 Å². The first-order valence-electron chi connectivity index (χ1n) is 8.28. The number of carbonyl (C=O) groups is 1. The highest BCUT2D eigenvalue weighted by Gasteiger charge is 2.50. The molecular formula is C16H14F6N2O3S2. The second-order valence-electron chi connectivity index (χ2n) is 6.58. The van der Waals surface area contributed by atoms with Crippen molar-refractivity contribution in [1.82, 2.24) is 0 Å². The molecule has 0 aliphatic carbocycles. The quantitative estimate of drug-likeness (QED) is 0.630. The molecule has 2 aliphatic rings. The molecule has 160 valence electrons. The fraction of sp³-hybridized carbons (Fsp3) is 0.500. The van der Waals surface area contributed by atoms with Crippen molar-refractivity contribution in [3.63, 3.8) is 0 Å². The maximum Gasteiger partial charge on any atom is 0.416 e. The molecule has 0 spiro atoms. The van der Waals surface area contributed by atoms with E-state index in [1.165, 1.54) is 6.92 Å². The summed E-state index contributed by atoms with van der Waals surface area (Å²) in [4.78, 5) is 16.5. The van der Waals surface area contributed by atoms with Gasteiger partial charge >= 0.3 is 12.4 Å². The summed E-state index contributed by atoms with van der Waals surface area (Å²) in [5.41, 5.74) is -3.57. The van der Waals surface area contributed by atoms with E-state index in [4.69, 9.17) is 0 Å². The van der Waals surface area contributed by atoms with Crippen LogP contribution in [0.5, 0.6) is 0 Å². The van der Waals surface area contributed by atoms with Gasteiger partial charge < -0.3 is 4.90 Å². The number of fused-ring (bicyclic) bond motifs is 1. The highest BCUT2D eigenvalue weighted by atomic mass is 32.2. The van der Waals surface area contributed by atoms with Gasteiger partial charge in [-0.15, -0.1) is 0 Å². The fourth-order valence-corrected chi connectivity index (χ4v) is 7.06. The number of aliphatic imine (C=N–C) groups is 1. The van der Waals surface area contributed by atoms with Crippen LogP contribution in [0.25, 0.3) is 0 Å². The molecule has 0 saturated carbocycles. The van der Waals surface area contributed by atoms with E-state index in [1.54, 1.807) is 0 Å². The van der Waals surface area contributed by atoms with Crippen LogP contribution in [-0.2, 0) is 27.0 Å². The number of halogens is 6. The van der Waals surface area contributed by atoms with Crippen LogP contribution in [0.3, 0.4) is 0 Å². The van der Waals surface area contributed by atoms with E-state index in [2.05, 4.69) is 4.99 Å². The Morgan fingerprint density at radius 2 is 1.66 bits per heavy atom. The first-order valence-corrected chi connectivity index (χ1v) is 11.0. The number of hydrogen-bond donors (Lipinski definition) is 0. The molecule has 2 saturated heterocycles. The molecule has 0 N–H and O–H groups in total. The smallest absolute Gasteiger partial charge is 0.316 e. The molecule has 2 atom stereocenters. The van der Waals surface area contributed by atoms with Gasteiger partial charge in [-0.2, -0.15) is 31.3 Å². The summed E-state index contributed by atoms with van der Waals surface area (Å²) in [5, 5.41) is -0.749. The molecule has 1 amide bonds. The monoisotopic (exact) mass is 460 g/mol. The molecule has 29 heavy (non-hydrogen) atoms. The highest BCUT2D eigenvalue weighted by molar-refractivity contribution is 8.16. The zero-order chi connectivity index (χ0) is 21.8. The third kappa shape index (κ3) is 4.55. The second-order valence-corrected chi connectivity index (χ2v) is 9.94. The van der Waals surface area contributed by atoms with Gasteiger partial charge in [-0.25, -0.2) is 8.42 Å². The molecule has 5 nitrogen and oxygen atoms in total. The first-order chi connectivity index (χ1) is 13.2. The molecule has 0 unspecified atom stereocenters. The van der Waals surface area contributed by atoms with Crippen LogP contribution in [0.1, 0.15) is 24.5 Å². The van der Waals surface area contributed by atoms with E-state index < -0.39 is 62.0 Å². The Hall–Kier alpha value is -1.76. The minimum Gasteiger partial charge on any atom is -0.316 e. The van der Waals surface area contributed by atoms with Crippen LogP contribution >= 0.6 is 11.8 Å². The summed E-state index contributed by atoms with van der Waals surface area (Å²) in [6.07, 6.45) is -10.1. The number of alkyl halides is 6. The first kappa shape index (κ1) is 21.9. The fourth-order valence-electron chi connectivity index (χ4n) is 3.13. The third-order valence-corrected chi connectivity index (χ3v) is 7.65. The molecule has 2 heterocycles. The van der Waals surface area contributed by atoms with Gasteiger partial charge in [0.25, 0.3) is 0 Å². The minimum absolute atomic E-state index is 0.0103. The predicted octanol–water partition coefficient (Wildman–Crippen LogP) is 3.74. The van der Waals surface area contributed by atoms with Gasteiger partial charge in [-0.1, -0.05) is 18.7 Å². The number of rotatable bonds is 2. The van der Waals surface area contributed by atoms with Crippen molar-refractivity contribution in [2.45, 2.75) is 37.0 Å². The van der Waals surface area contributed by atoms with Gasteiger partial charge in [-0.05, 0) is 18.2 Å². The molecule has 13 heteroatoms. The number of carbonyl (C=O) groups excluding carboxylic acids is 1. The maximum absolute atomic E-state index is 13.2. The normalized spacial score (nSPS) is 25.5. The number of nitrogens with zero attached hydrogens (tertiary/aromatic N) is 2. The SMILES string of the molecule is CCC(=O)N=C1S[C@H]2CS(=O)(=O)C[C@@H]2N1c1cc(C(F)(F)F)cc(C(F)(F)F)c1. The zero-order valence-corrected chi connectivity index (χ0v) is 16.3. The molecule has 0 bridgehead atoms. The average molecular weight is 460 g/mol. The Morgan fingerprint density at radius 1 is 1.10 bits per heavy atom.